The van der Waals surface area contributed by atoms with Crippen LogP contribution < -0.4 is 4.74 Å². The second kappa shape index (κ2) is 4.54. The van der Waals surface area contributed by atoms with Gasteiger partial charge in [0, 0.05) is 5.56 Å². The summed E-state index contributed by atoms with van der Waals surface area (Å²) in [5, 5.41) is 49.2. The van der Waals surface area contributed by atoms with Crippen LogP contribution in [0.3, 0.4) is 0 Å². The topological polar surface area (TPSA) is 127 Å². The summed E-state index contributed by atoms with van der Waals surface area (Å²) in [4.78, 5) is 12.2. The van der Waals surface area contributed by atoms with Crippen molar-refractivity contribution in [2.45, 2.75) is 12.2 Å². The molecule has 2 aromatic carbocycles. The Hall–Kier alpha value is -2.93. The summed E-state index contributed by atoms with van der Waals surface area (Å²) >= 11 is 0. The number of ketones is 1. The minimum Gasteiger partial charge on any atom is -0.504 e. The van der Waals surface area contributed by atoms with Crippen molar-refractivity contribution in [3.05, 3.63) is 41.5 Å². The molecule has 0 fully saturated rings. The number of carbonyl (C=O) groups is 1. The Balaban J connectivity index is 2.20. The van der Waals surface area contributed by atoms with Gasteiger partial charge in [0.2, 0.25) is 23.0 Å². The quantitative estimate of drug-likeness (QED) is 0.397. The smallest absolute Gasteiger partial charge is 0.242 e. The van der Waals surface area contributed by atoms with Gasteiger partial charge in [0.05, 0.1) is 6.42 Å². The predicted molar refractivity (Wildman–Crippen MR) is 73.0 cm³/mol. The molecule has 3 rings (SSSR count). The van der Waals surface area contributed by atoms with Crippen LogP contribution in [0.1, 0.15) is 22.3 Å². The van der Waals surface area contributed by atoms with E-state index in [1.165, 1.54) is 12.1 Å². The number of hydrogen-bond donors (Lipinski definition) is 5. The molecule has 0 radical (unpaired) electrons. The first-order valence-electron chi connectivity index (χ1n) is 6.35. The molecule has 0 amide bonds. The highest BCUT2D eigenvalue weighted by Gasteiger charge is 2.44. The standard InChI is InChI=1S/C15H12O7/c16-8-6-15(21,7-4-2-1-3-5-7)22-14-9(8)10(17)11(18)12(19)13(14)20/h1-5,17-21H,6H2. The first-order valence-corrected chi connectivity index (χ1v) is 6.35. The SMILES string of the molecule is O=C1CC(O)(c2ccccc2)Oc2c(O)c(O)c(O)c(O)c21. The lowest BCUT2D eigenvalue weighted by atomic mass is 9.92. The zero-order valence-corrected chi connectivity index (χ0v) is 11.1. The number of ether oxygens (including phenoxy) is 1. The third kappa shape index (κ3) is 1.83. The third-order valence-electron chi connectivity index (χ3n) is 3.53. The minimum atomic E-state index is -2.06. The van der Waals surface area contributed by atoms with Crippen molar-refractivity contribution in [1.82, 2.24) is 0 Å². The van der Waals surface area contributed by atoms with Crippen LogP contribution in [0.25, 0.3) is 0 Å². The van der Waals surface area contributed by atoms with Gasteiger partial charge in [0.25, 0.3) is 0 Å². The van der Waals surface area contributed by atoms with Crippen LogP contribution in [0.2, 0.25) is 0 Å². The molecule has 0 aliphatic carbocycles. The molecule has 114 valence electrons. The summed E-state index contributed by atoms with van der Waals surface area (Å²) in [6.07, 6.45) is -0.527. The number of aliphatic hydroxyl groups is 1. The number of hydrogen-bond acceptors (Lipinski definition) is 7. The van der Waals surface area contributed by atoms with Crippen molar-refractivity contribution in [3.63, 3.8) is 0 Å². The van der Waals surface area contributed by atoms with Crippen molar-refractivity contribution in [1.29, 1.82) is 0 Å². The zero-order valence-electron chi connectivity index (χ0n) is 11.1. The fourth-order valence-corrected chi connectivity index (χ4v) is 2.40. The second-order valence-corrected chi connectivity index (χ2v) is 4.95. The van der Waals surface area contributed by atoms with Crippen molar-refractivity contribution in [3.8, 4) is 28.7 Å². The van der Waals surface area contributed by atoms with Gasteiger partial charge in [-0.05, 0) is 0 Å². The number of carbonyl (C=O) groups excluding carboxylic acids is 1. The minimum absolute atomic E-state index is 0.264. The third-order valence-corrected chi connectivity index (χ3v) is 3.53. The van der Waals surface area contributed by atoms with E-state index in [9.17, 15) is 30.3 Å². The summed E-state index contributed by atoms with van der Waals surface area (Å²) in [7, 11) is 0. The number of aromatic hydroxyl groups is 4. The van der Waals surface area contributed by atoms with E-state index in [0.29, 0.717) is 0 Å². The van der Waals surface area contributed by atoms with Crippen LogP contribution in [-0.2, 0) is 5.79 Å². The van der Waals surface area contributed by atoms with Crippen LogP contribution in [0, 0.1) is 0 Å². The Morgan fingerprint density at radius 2 is 1.50 bits per heavy atom. The Morgan fingerprint density at radius 1 is 0.909 bits per heavy atom. The van der Waals surface area contributed by atoms with E-state index in [2.05, 4.69) is 0 Å². The van der Waals surface area contributed by atoms with E-state index in [1.807, 2.05) is 0 Å². The highest BCUT2D eigenvalue weighted by molar-refractivity contribution is 6.05. The lowest BCUT2D eigenvalue weighted by molar-refractivity contribution is -0.148. The zero-order chi connectivity index (χ0) is 16.1. The Bertz CT molecular complexity index is 769. The van der Waals surface area contributed by atoms with Gasteiger partial charge in [-0.1, -0.05) is 30.3 Å². The molecule has 22 heavy (non-hydrogen) atoms. The van der Waals surface area contributed by atoms with Crippen molar-refractivity contribution in [2.24, 2.45) is 0 Å². The van der Waals surface area contributed by atoms with Gasteiger partial charge in [-0.25, -0.2) is 0 Å². The fraction of sp³-hybridized carbons (Fsp3) is 0.133. The molecule has 1 heterocycles. The molecule has 2 aromatic rings. The normalized spacial score (nSPS) is 20.3. The number of rotatable bonds is 1. The van der Waals surface area contributed by atoms with Gasteiger partial charge in [-0.15, -0.1) is 0 Å². The monoisotopic (exact) mass is 304 g/mol. The number of benzene rings is 2. The first kappa shape index (κ1) is 14.0. The van der Waals surface area contributed by atoms with Gasteiger partial charge in [-0.2, -0.15) is 0 Å². The number of Topliss-reactive ketones (excluding diaryl/α,β-unsaturated/α-hetero) is 1. The van der Waals surface area contributed by atoms with Crippen LogP contribution in [-0.4, -0.2) is 31.3 Å². The van der Waals surface area contributed by atoms with E-state index < -0.39 is 52.3 Å². The Morgan fingerprint density at radius 3 is 2.14 bits per heavy atom. The lowest BCUT2D eigenvalue weighted by Crippen LogP contribution is -2.39. The molecule has 5 N–H and O–H groups in total. The highest BCUT2D eigenvalue weighted by atomic mass is 16.6. The fourth-order valence-electron chi connectivity index (χ4n) is 2.40. The lowest BCUT2D eigenvalue weighted by Gasteiger charge is -2.34. The number of fused-ring (bicyclic) bond motifs is 1. The number of phenols is 4. The molecule has 7 nitrogen and oxygen atoms in total. The van der Waals surface area contributed by atoms with E-state index in [1.54, 1.807) is 18.2 Å². The molecule has 0 bridgehead atoms. The van der Waals surface area contributed by atoms with Crippen LogP contribution >= 0.6 is 0 Å². The van der Waals surface area contributed by atoms with Gasteiger partial charge < -0.3 is 30.3 Å². The summed E-state index contributed by atoms with van der Waals surface area (Å²) < 4.78 is 5.28. The van der Waals surface area contributed by atoms with E-state index in [-0.39, 0.29) is 5.56 Å². The molecule has 1 atom stereocenters. The maximum atomic E-state index is 12.2. The van der Waals surface area contributed by atoms with E-state index >= 15 is 0 Å². The van der Waals surface area contributed by atoms with Crippen molar-refractivity contribution >= 4 is 5.78 Å². The average molecular weight is 304 g/mol. The molecule has 1 aliphatic heterocycles. The molecular formula is C15H12O7. The van der Waals surface area contributed by atoms with Gasteiger partial charge >= 0.3 is 0 Å². The van der Waals surface area contributed by atoms with Crippen molar-refractivity contribution < 1.29 is 35.1 Å². The molecule has 0 spiro atoms. The molecule has 1 aliphatic rings. The molecule has 0 aromatic heterocycles. The van der Waals surface area contributed by atoms with E-state index in [0.717, 1.165) is 0 Å². The van der Waals surface area contributed by atoms with Crippen molar-refractivity contribution in [2.75, 3.05) is 0 Å². The summed E-state index contributed by atoms with van der Waals surface area (Å²) in [6.45, 7) is 0. The Kier molecular flexibility index (Phi) is 2.89. The maximum Gasteiger partial charge on any atom is 0.242 e. The molecule has 1 unspecified atom stereocenters. The first-order chi connectivity index (χ1) is 10.3. The van der Waals surface area contributed by atoms with Crippen LogP contribution in [0.5, 0.6) is 28.7 Å². The van der Waals surface area contributed by atoms with Gasteiger partial charge in [0.15, 0.2) is 17.3 Å². The van der Waals surface area contributed by atoms with E-state index in [4.69, 9.17) is 4.74 Å². The van der Waals surface area contributed by atoms with Gasteiger partial charge in [0.1, 0.15) is 5.56 Å². The summed E-state index contributed by atoms with van der Waals surface area (Å²) in [6, 6.07) is 8.01. The summed E-state index contributed by atoms with van der Waals surface area (Å²) in [5.41, 5.74) is -0.228. The molecule has 0 saturated heterocycles. The van der Waals surface area contributed by atoms with Gasteiger partial charge in [-0.3, -0.25) is 4.79 Å². The predicted octanol–water partition coefficient (Wildman–Crippen LogP) is 1.32. The maximum absolute atomic E-state index is 12.2. The summed E-state index contributed by atoms with van der Waals surface area (Å²) in [5.74, 6) is -7.32. The molecule has 7 heteroatoms. The Labute approximate surface area is 124 Å². The largest absolute Gasteiger partial charge is 0.504 e. The van der Waals surface area contributed by atoms with Crippen LogP contribution in [0.15, 0.2) is 30.3 Å². The second-order valence-electron chi connectivity index (χ2n) is 4.95. The van der Waals surface area contributed by atoms with Crippen LogP contribution in [0.4, 0.5) is 0 Å². The molecule has 0 saturated carbocycles. The average Bonchev–Trinajstić information content (AvgIpc) is 2.51. The highest BCUT2D eigenvalue weighted by Crippen LogP contribution is 2.55. The molecular weight excluding hydrogens is 292 g/mol. The number of phenolic OH excluding ortho intramolecular Hbond substituents is 4.